The molecule has 1 unspecified atom stereocenters. The Labute approximate surface area is 80.1 Å². The maximum absolute atomic E-state index is 3.40. The molecule has 72 valence electrons. The van der Waals surface area contributed by atoms with Crippen LogP contribution in [-0.4, -0.2) is 49.6 Å². The summed E-state index contributed by atoms with van der Waals surface area (Å²) in [5.41, 5.74) is 0. The van der Waals surface area contributed by atoms with Gasteiger partial charge in [-0.3, -0.25) is 0 Å². The van der Waals surface area contributed by atoms with Gasteiger partial charge in [0.05, 0.1) is 0 Å². The Hall–Kier alpha value is 0.270. The van der Waals surface area contributed by atoms with Gasteiger partial charge in [-0.15, -0.1) is 0 Å². The minimum absolute atomic E-state index is 0.798. The van der Waals surface area contributed by atoms with Crippen molar-refractivity contribution in [3.63, 3.8) is 0 Å². The van der Waals surface area contributed by atoms with E-state index in [0.717, 1.165) is 6.04 Å². The van der Waals surface area contributed by atoms with Crippen LogP contribution in [0.3, 0.4) is 0 Å². The average molecular weight is 188 g/mol. The van der Waals surface area contributed by atoms with Gasteiger partial charge in [0.2, 0.25) is 0 Å². The second-order valence-corrected chi connectivity index (χ2v) is 4.46. The van der Waals surface area contributed by atoms with Gasteiger partial charge >= 0.3 is 0 Å². The highest BCUT2D eigenvalue weighted by molar-refractivity contribution is 7.98. The van der Waals surface area contributed by atoms with Crippen LogP contribution in [-0.2, 0) is 0 Å². The van der Waals surface area contributed by atoms with Crippen LogP contribution in [0.1, 0.15) is 12.8 Å². The van der Waals surface area contributed by atoms with Crippen molar-refractivity contribution in [3.8, 4) is 0 Å². The van der Waals surface area contributed by atoms with Crippen LogP contribution >= 0.6 is 11.8 Å². The van der Waals surface area contributed by atoms with E-state index in [1.54, 1.807) is 0 Å². The van der Waals surface area contributed by atoms with E-state index in [9.17, 15) is 0 Å². The number of rotatable bonds is 5. The SMILES string of the molecule is CSCCCN(C)C1CCNC1. The third-order valence-corrected chi connectivity index (χ3v) is 3.21. The number of likely N-dealkylation sites (N-methyl/N-ethyl adjacent to an activating group) is 1. The standard InChI is InChI=1S/C9H20N2S/c1-11(6-3-7-12-2)9-4-5-10-8-9/h9-10H,3-8H2,1-2H3. The van der Waals surface area contributed by atoms with E-state index < -0.39 is 0 Å². The summed E-state index contributed by atoms with van der Waals surface area (Å²) in [5, 5.41) is 3.40. The number of thioether (sulfide) groups is 1. The predicted molar refractivity (Wildman–Crippen MR) is 56.9 cm³/mol. The average Bonchev–Trinajstić information content (AvgIpc) is 2.56. The molecule has 1 aliphatic heterocycles. The molecule has 3 heteroatoms. The van der Waals surface area contributed by atoms with Gasteiger partial charge in [0.1, 0.15) is 0 Å². The van der Waals surface area contributed by atoms with Crippen molar-refractivity contribution in [2.24, 2.45) is 0 Å². The molecule has 1 atom stereocenters. The van der Waals surface area contributed by atoms with E-state index in [4.69, 9.17) is 0 Å². The molecule has 1 rings (SSSR count). The first-order valence-electron chi connectivity index (χ1n) is 4.74. The van der Waals surface area contributed by atoms with Crippen molar-refractivity contribution >= 4 is 11.8 Å². The van der Waals surface area contributed by atoms with Crippen molar-refractivity contribution in [1.29, 1.82) is 0 Å². The normalized spacial score (nSPS) is 23.8. The van der Waals surface area contributed by atoms with E-state index in [1.807, 2.05) is 11.8 Å². The molecule has 0 spiro atoms. The minimum Gasteiger partial charge on any atom is -0.315 e. The molecule has 0 aromatic carbocycles. The summed E-state index contributed by atoms with van der Waals surface area (Å²) in [7, 11) is 2.25. The summed E-state index contributed by atoms with van der Waals surface area (Å²) in [5.74, 6) is 1.30. The molecule has 0 amide bonds. The summed E-state index contributed by atoms with van der Waals surface area (Å²) >= 11 is 1.94. The first kappa shape index (κ1) is 10.4. The summed E-state index contributed by atoms with van der Waals surface area (Å²) in [6.45, 7) is 3.65. The molecule has 12 heavy (non-hydrogen) atoms. The Bertz CT molecular complexity index is 113. The zero-order chi connectivity index (χ0) is 8.81. The molecule has 0 bridgehead atoms. The Morgan fingerprint density at radius 1 is 1.58 bits per heavy atom. The van der Waals surface area contributed by atoms with E-state index in [0.29, 0.717) is 0 Å². The molecule has 1 saturated heterocycles. The van der Waals surface area contributed by atoms with E-state index in [1.165, 1.54) is 38.2 Å². The molecule has 1 aliphatic rings. The second-order valence-electron chi connectivity index (χ2n) is 3.47. The smallest absolute Gasteiger partial charge is 0.0229 e. The quantitative estimate of drug-likeness (QED) is 0.649. The summed E-state index contributed by atoms with van der Waals surface area (Å²) in [6.07, 6.45) is 4.83. The summed E-state index contributed by atoms with van der Waals surface area (Å²) in [6, 6.07) is 0.798. The maximum atomic E-state index is 3.40. The van der Waals surface area contributed by atoms with Crippen molar-refractivity contribution in [2.75, 3.05) is 38.7 Å². The highest BCUT2D eigenvalue weighted by Gasteiger charge is 2.17. The van der Waals surface area contributed by atoms with Crippen LogP contribution < -0.4 is 5.32 Å². The van der Waals surface area contributed by atoms with E-state index >= 15 is 0 Å². The molecular weight excluding hydrogens is 168 g/mol. The maximum Gasteiger partial charge on any atom is 0.0229 e. The van der Waals surface area contributed by atoms with Crippen LogP contribution in [0.15, 0.2) is 0 Å². The van der Waals surface area contributed by atoms with Gasteiger partial charge in [-0.1, -0.05) is 0 Å². The van der Waals surface area contributed by atoms with Crippen LogP contribution in [0.4, 0.5) is 0 Å². The summed E-state index contributed by atoms with van der Waals surface area (Å²) < 4.78 is 0. The lowest BCUT2D eigenvalue weighted by Crippen LogP contribution is -2.34. The van der Waals surface area contributed by atoms with Crippen LogP contribution in [0.2, 0.25) is 0 Å². The first-order chi connectivity index (χ1) is 5.84. The minimum atomic E-state index is 0.798. The van der Waals surface area contributed by atoms with Crippen molar-refractivity contribution in [3.05, 3.63) is 0 Å². The van der Waals surface area contributed by atoms with Crippen molar-refractivity contribution in [1.82, 2.24) is 10.2 Å². The molecule has 0 aromatic heterocycles. The molecule has 0 radical (unpaired) electrons. The van der Waals surface area contributed by atoms with Gasteiger partial charge in [0, 0.05) is 12.6 Å². The van der Waals surface area contributed by atoms with Crippen LogP contribution in [0.5, 0.6) is 0 Å². The monoisotopic (exact) mass is 188 g/mol. The third-order valence-electron chi connectivity index (χ3n) is 2.52. The topological polar surface area (TPSA) is 15.3 Å². The molecule has 0 aromatic rings. The molecule has 1 N–H and O–H groups in total. The molecule has 0 saturated carbocycles. The Morgan fingerprint density at radius 3 is 3.00 bits per heavy atom. The number of hydrogen-bond acceptors (Lipinski definition) is 3. The van der Waals surface area contributed by atoms with Crippen LogP contribution in [0.25, 0.3) is 0 Å². The van der Waals surface area contributed by atoms with Crippen LogP contribution in [0, 0.1) is 0 Å². The number of nitrogens with zero attached hydrogens (tertiary/aromatic N) is 1. The Morgan fingerprint density at radius 2 is 2.42 bits per heavy atom. The van der Waals surface area contributed by atoms with E-state index in [-0.39, 0.29) is 0 Å². The Kier molecular flexibility index (Phi) is 5.04. The molecule has 1 heterocycles. The lowest BCUT2D eigenvalue weighted by Gasteiger charge is -2.22. The van der Waals surface area contributed by atoms with Crippen molar-refractivity contribution in [2.45, 2.75) is 18.9 Å². The van der Waals surface area contributed by atoms with Gasteiger partial charge in [-0.05, 0) is 45.0 Å². The first-order valence-corrected chi connectivity index (χ1v) is 6.14. The molecule has 0 aliphatic carbocycles. The van der Waals surface area contributed by atoms with Gasteiger partial charge in [0.25, 0.3) is 0 Å². The zero-order valence-corrected chi connectivity index (χ0v) is 8.99. The second kappa shape index (κ2) is 5.84. The highest BCUT2D eigenvalue weighted by atomic mass is 32.2. The lowest BCUT2D eigenvalue weighted by molar-refractivity contribution is 0.258. The number of hydrogen-bond donors (Lipinski definition) is 1. The van der Waals surface area contributed by atoms with Gasteiger partial charge in [0.15, 0.2) is 0 Å². The largest absolute Gasteiger partial charge is 0.315 e. The van der Waals surface area contributed by atoms with Gasteiger partial charge < -0.3 is 10.2 Å². The lowest BCUT2D eigenvalue weighted by atomic mass is 10.2. The molecular formula is C9H20N2S. The van der Waals surface area contributed by atoms with Gasteiger partial charge in [-0.2, -0.15) is 11.8 Å². The molecule has 2 nitrogen and oxygen atoms in total. The fourth-order valence-corrected chi connectivity index (χ4v) is 2.07. The number of nitrogens with one attached hydrogen (secondary N) is 1. The van der Waals surface area contributed by atoms with Gasteiger partial charge in [-0.25, -0.2) is 0 Å². The molecule has 1 fully saturated rings. The fourth-order valence-electron chi connectivity index (χ4n) is 1.66. The van der Waals surface area contributed by atoms with E-state index in [2.05, 4.69) is 23.5 Å². The predicted octanol–water partition coefficient (Wildman–Crippen LogP) is 1.03. The zero-order valence-electron chi connectivity index (χ0n) is 8.18. The van der Waals surface area contributed by atoms with Crippen molar-refractivity contribution < 1.29 is 0 Å². The summed E-state index contributed by atoms with van der Waals surface area (Å²) in [4.78, 5) is 2.50. The third kappa shape index (κ3) is 3.33. The Balaban J connectivity index is 2.05. The fraction of sp³-hybridized carbons (Fsp3) is 1.00. The highest BCUT2D eigenvalue weighted by Crippen LogP contribution is 2.07.